The summed E-state index contributed by atoms with van der Waals surface area (Å²) >= 11 is 0. The Bertz CT molecular complexity index is 423. The maximum absolute atomic E-state index is 10.6. The van der Waals surface area contributed by atoms with Gasteiger partial charge in [-0.2, -0.15) is 4.99 Å². The minimum Gasteiger partial charge on any atom is -0.385 e. The molecule has 0 heterocycles. The second-order valence-electron chi connectivity index (χ2n) is 3.09. The van der Waals surface area contributed by atoms with Gasteiger partial charge in [0.25, 0.3) is 0 Å². The van der Waals surface area contributed by atoms with E-state index in [-0.39, 0.29) is 0 Å². The third-order valence-electron chi connectivity index (χ3n) is 2.00. The lowest BCUT2D eigenvalue weighted by Crippen LogP contribution is -2.33. The Morgan fingerprint density at radius 3 is 2.31 bits per heavy atom. The van der Waals surface area contributed by atoms with Crippen molar-refractivity contribution < 1.29 is 19.8 Å². The van der Waals surface area contributed by atoms with Gasteiger partial charge in [0, 0.05) is 0 Å². The van der Waals surface area contributed by atoms with E-state index in [0.717, 1.165) is 0 Å². The Hall–Kier alpha value is -2.01. The fourth-order valence-corrected chi connectivity index (χ4v) is 1.14. The number of nitrogens with two attached hydrogens (primary N) is 1. The van der Waals surface area contributed by atoms with E-state index in [0.29, 0.717) is 11.3 Å². The zero-order chi connectivity index (χ0) is 12.1. The molecule has 0 aromatic heterocycles. The topological polar surface area (TPSA) is 113 Å². The zero-order valence-corrected chi connectivity index (χ0v) is 8.20. The van der Waals surface area contributed by atoms with Gasteiger partial charge in [0.2, 0.25) is 12.0 Å². The lowest BCUT2D eigenvalue weighted by atomic mass is 10.0. The van der Waals surface area contributed by atoms with Crippen LogP contribution in [0.15, 0.2) is 29.3 Å². The van der Waals surface area contributed by atoms with Gasteiger partial charge in [0.15, 0.2) is 6.10 Å². The molecule has 0 radical (unpaired) electrons. The molecule has 6 nitrogen and oxygen atoms in total. The smallest absolute Gasteiger partial charge is 0.249 e. The van der Waals surface area contributed by atoms with Crippen LogP contribution in [0.1, 0.15) is 11.7 Å². The Morgan fingerprint density at radius 2 is 1.88 bits per heavy atom. The number of carbonyl (C=O) groups excluding carboxylic acids is 2. The molecule has 2 atom stereocenters. The Morgan fingerprint density at radius 1 is 1.31 bits per heavy atom. The van der Waals surface area contributed by atoms with Crippen molar-refractivity contribution in [3.05, 3.63) is 29.8 Å². The molecule has 0 saturated heterocycles. The van der Waals surface area contributed by atoms with Gasteiger partial charge < -0.3 is 15.9 Å². The summed E-state index contributed by atoms with van der Waals surface area (Å²) in [5, 5.41) is 18.7. The standard InChI is InChI=1S/C10H10N2O4/c11-10(16)9(15)8(14)6-1-3-7(4-2-6)12-5-13/h1-4,8-9,14-15H,(H2,11,16). The molecular weight excluding hydrogens is 212 g/mol. The van der Waals surface area contributed by atoms with E-state index in [1.165, 1.54) is 30.3 Å². The van der Waals surface area contributed by atoms with Crippen molar-refractivity contribution in [2.45, 2.75) is 12.2 Å². The van der Waals surface area contributed by atoms with Crippen LogP contribution in [0.5, 0.6) is 0 Å². The maximum Gasteiger partial charge on any atom is 0.249 e. The number of rotatable bonds is 4. The van der Waals surface area contributed by atoms with Crippen molar-refractivity contribution in [3.8, 4) is 0 Å². The predicted octanol–water partition coefficient (Wildman–Crippen LogP) is -0.467. The van der Waals surface area contributed by atoms with E-state index in [9.17, 15) is 19.8 Å². The maximum atomic E-state index is 10.6. The van der Waals surface area contributed by atoms with Gasteiger partial charge in [-0.3, -0.25) is 4.79 Å². The molecule has 0 aliphatic carbocycles. The van der Waals surface area contributed by atoms with Gasteiger partial charge in [-0.15, -0.1) is 0 Å². The van der Waals surface area contributed by atoms with Crippen LogP contribution in [0.2, 0.25) is 0 Å². The summed E-state index contributed by atoms with van der Waals surface area (Å²) in [5.74, 6) is -1.01. The Labute approximate surface area is 91.0 Å². The summed E-state index contributed by atoms with van der Waals surface area (Å²) in [5.41, 5.74) is 5.50. The van der Waals surface area contributed by atoms with Crippen LogP contribution in [-0.2, 0) is 9.59 Å². The molecule has 0 spiro atoms. The molecule has 0 aliphatic heterocycles. The molecule has 1 aromatic carbocycles. The number of amides is 1. The van der Waals surface area contributed by atoms with Crippen LogP contribution in [0.3, 0.4) is 0 Å². The van der Waals surface area contributed by atoms with Crippen LogP contribution >= 0.6 is 0 Å². The molecular formula is C10H10N2O4. The fraction of sp³-hybridized carbons (Fsp3) is 0.200. The molecule has 84 valence electrons. The van der Waals surface area contributed by atoms with Crippen LogP contribution in [0.25, 0.3) is 0 Å². The molecule has 0 aliphatic rings. The van der Waals surface area contributed by atoms with Crippen molar-refractivity contribution in [3.63, 3.8) is 0 Å². The quantitative estimate of drug-likeness (QED) is 0.472. The number of nitrogens with zero attached hydrogens (tertiary/aromatic N) is 1. The third kappa shape index (κ3) is 2.74. The van der Waals surface area contributed by atoms with Gasteiger partial charge in [0.1, 0.15) is 6.10 Å². The molecule has 2 unspecified atom stereocenters. The van der Waals surface area contributed by atoms with Crippen molar-refractivity contribution in [1.29, 1.82) is 0 Å². The highest BCUT2D eigenvalue weighted by atomic mass is 16.3. The van der Waals surface area contributed by atoms with E-state index in [4.69, 9.17) is 5.73 Å². The average molecular weight is 222 g/mol. The largest absolute Gasteiger partial charge is 0.385 e. The first-order chi connectivity index (χ1) is 7.56. The molecule has 1 rings (SSSR count). The van der Waals surface area contributed by atoms with Gasteiger partial charge in [-0.05, 0) is 17.7 Å². The van der Waals surface area contributed by atoms with Crippen molar-refractivity contribution in [2.24, 2.45) is 10.7 Å². The number of benzene rings is 1. The van der Waals surface area contributed by atoms with E-state index in [1.807, 2.05) is 0 Å². The number of aliphatic imine (C=N–C) groups is 1. The Kier molecular flexibility index (Phi) is 3.90. The first kappa shape index (κ1) is 12.1. The molecule has 0 fully saturated rings. The normalized spacial score (nSPS) is 13.6. The lowest BCUT2D eigenvalue weighted by molar-refractivity contribution is -0.131. The summed E-state index contributed by atoms with van der Waals surface area (Å²) in [6.45, 7) is 0. The van der Waals surface area contributed by atoms with E-state index >= 15 is 0 Å². The molecule has 1 amide bonds. The minimum atomic E-state index is -1.67. The molecule has 4 N–H and O–H groups in total. The van der Waals surface area contributed by atoms with Gasteiger partial charge >= 0.3 is 0 Å². The van der Waals surface area contributed by atoms with E-state index < -0.39 is 18.1 Å². The van der Waals surface area contributed by atoms with E-state index in [1.54, 1.807) is 0 Å². The number of hydrogen-bond acceptors (Lipinski definition) is 5. The molecule has 1 aromatic rings. The highest BCUT2D eigenvalue weighted by Gasteiger charge is 2.22. The lowest BCUT2D eigenvalue weighted by Gasteiger charge is -2.14. The number of carbonyl (C=O) groups is 1. The van der Waals surface area contributed by atoms with Crippen LogP contribution in [-0.4, -0.2) is 28.3 Å². The SMILES string of the molecule is NC(=O)C(O)C(O)c1ccc(N=C=O)cc1. The van der Waals surface area contributed by atoms with Crippen molar-refractivity contribution in [1.82, 2.24) is 0 Å². The predicted molar refractivity (Wildman–Crippen MR) is 54.4 cm³/mol. The van der Waals surface area contributed by atoms with Crippen LogP contribution < -0.4 is 5.73 Å². The summed E-state index contributed by atoms with van der Waals surface area (Å²) in [6.07, 6.45) is -1.70. The zero-order valence-electron chi connectivity index (χ0n) is 8.20. The van der Waals surface area contributed by atoms with E-state index in [2.05, 4.69) is 4.99 Å². The van der Waals surface area contributed by atoms with Crippen molar-refractivity contribution in [2.75, 3.05) is 0 Å². The third-order valence-corrected chi connectivity index (χ3v) is 2.00. The number of aliphatic hydroxyl groups is 2. The summed E-state index contributed by atoms with van der Waals surface area (Å²) < 4.78 is 0. The van der Waals surface area contributed by atoms with Gasteiger partial charge in [0.05, 0.1) is 5.69 Å². The number of isocyanates is 1. The first-order valence-electron chi connectivity index (χ1n) is 4.39. The van der Waals surface area contributed by atoms with Crippen molar-refractivity contribution >= 4 is 17.7 Å². The summed E-state index contributed by atoms with van der Waals surface area (Å²) in [6, 6.07) is 5.73. The molecule has 6 heteroatoms. The molecule has 0 saturated carbocycles. The minimum absolute atomic E-state index is 0.302. The average Bonchev–Trinajstić information content (AvgIpc) is 2.28. The first-order valence-corrected chi connectivity index (χ1v) is 4.39. The molecule has 0 bridgehead atoms. The molecule has 16 heavy (non-hydrogen) atoms. The fourth-order valence-electron chi connectivity index (χ4n) is 1.14. The highest BCUT2D eigenvalue weighted by molar-refractivity contribution is 5.79. The number of primary amides is 1. The number of hydrogen-bond donors (Lipinski definition) is 3. The second kappa shape index (κ2) is 5.18. The van der Waals surface area contributed by atoms with Gasteiger partial charge in [-0.1, -0.05) is 12.1 Å². The van der Waals surface area contributed by atoms with Crippen LogP contribution in [0.4, 0.5) is 5.69 Å². The Balaban J connectivity index is 2.89. The second-order valence-corrected chi connectivity index (χ2v) is 3.09. The van der Waals surface area contributed by atoms with Crippen LogP contribution in [0, 0.1) is 0 Å². The highest BCUT2D eigenvalue weighted by Crippen LogP contribution is 2.20. The summed E-state index contributed by atoms with van der Waals surface area (Å²) in [7, 11) is 0. The summed E-state index contributed by atoms with van der Waals surface area (Å²) in [4.78, 5) is 23.9. The number of aliphatic hydroxyl groups excluding tert-OH is 2. The van der Waals surface area contributed by atoms with Gasteiger partial charge in [-0.25, -0.2) is 4.79 Å². The monoisotopic (exact) mass is 222 g/mol.